The summed E-state index contributed by atoms with van der Waals surface area (Å²) >= 11 is 0. The molecule has 5 rings (SSSR count). The number of phenols is 1. The minimum atomic E-state index is -0.961. The molecule has 5 nitrogen and oxygen atoms in total. The molecule has 4 aliphatic rings. The van der Waals surface area contributed by atoms with Crippen LogP contribution in [0.4, 0.5) is 0 Å². The number of hydrogen-bond acceptors (Lipinski definition) is 5. The number of rotatable bonds is 0. The van der Waals surface area contributed by atoms with Gasteiger partial charge in [0.1, 0.15) is 0 Å². The number of ether oxygens (including phenoxy) is 1. The number of phenolic OH excluding ortho intramolecular Hbond substituents is 1. The van der Waals surface area contributed by atoms with E-state index >= 15 is 0 Å². The van der Waals surface area contributed by atoms with E-state index < -0.39 is 17.1 Å². The van der Waals surface area contributed by atoms with E-state index in [0.717, 1.165) is 29.7 Å². The van der Waals surface area contributed by atoms with Crippen LogP contribution in [0, 0.1) is 6.92 Å². The predicted molar refractivity (Wildman–Crippen MR) is 93.2 cm³/mol. The summed E-state index contributed by atoms with van der Waals surface area (Å²) in [6.07, 6.45) is 1.60. The molecule has 1 saturated heterocycles. The van der Waals surface area contributed by atoms with E-state index in [1.54, 1.807) is 6.07 Å². The third-order valence-corrected chi connectivity index (χ3v) is 6.88. The molecule has 0 aromatic heterocycles. The molecule has 0 radical (unpaired) electrons. The molecule has 6 heteroatoms. The summed E-state index contributed by atoms with van der Waals surface area (Å²) in [5.41, 5.74) is 1.43. The first-order valence-electron chi connectivity index (χ1n) is 8.38. The second-order valence-electron chi connectivity index (χ2n) is 7.71. The maximum absolute atomic E-state index is 12.6. The van der Waals surface area contributed by atoms with E-state index in [9.17, 15) is 15.0 Å². The van der Waals surface area contributed by atoms with Crippen molar-refractivity contribution in [2.24, 2.45) is 0 Å². The minimum absolute atomic E-state index is 0. The molecule has 1 aromatic rings. The number of piperidine rings is 1. The number of likely N-dealkylation sites (tertiary alicyclic amines) is 1. The number of aromatic hydroxyl groups is 1. The molecule has 2 aliphatic heterocycles. The van der Waals surface area contributed by atoms with E-state index in [1.165, 1.54) is 0 Å². The Kier molecular flexibility index (Phi) is 3.23. The second-order valence-corrected chi connectivity index (χ2v) is 7.71. The van der Waals surface area contributed by atoms with Gasteiger partial charge < -0.3 is 19.8 Å². The number of aliphatic hydroxyl groups is 1. The lowest BCUT2D eigenvalue weighted by Crippen LogP contribution is -2.76. The Labute approximate surface area is 151 Å². The van der Waals surface area contributed by atoms with Crippen molar-refractivity contribution >= 4 is 22.8 Å². The SMILES string of the molecule is Br.Cc1cc(O)c2c3c1C[C@H]1N(C)CC[C@@]34[C@@H](O2)C(=O)CC[C@@]14O. The number of carbonyl (C=O) groups is 1. The number of aryl methyl sites for hydroxylation is 1. The fourth-order valence-corrected chi connectivity index (χ4v) is 5.80. The van der Waals surface area contributed by atoms with Gasteiger partial charge in [-0.2, -0.15) is 0 Å². The number of likely N-dealkylation sites (N-methyl/N-ethyl adjacent to an activating group) is 1. The van der Waals surface area contributed by atoms with E-state index in [2.05, 4.69) is 11.9 Å². The van der Waals surface area contributed by atoms with Crippen LogP contribution >= 0.6 is 17.0 Å². The summed E-state index contributed by atoms with van der Waals surface area (Å²) in [6.45, 7) is 2.82. The topological polar surface area (TPSA) is 70.0 Å². The Balaban J connectivity index is 0.00000146. The van der Waals surface area contributed by atoms with Crippen LogP contribution in [0.3, 0.4) is 0 Å². The number of benzene rings is 1. The van der Waals surface area contributed by atoms with Gasteiger partial charge in [-0.05, 0) is 57.0 Å². The molecule has 2 bridgehead atoms. The highest BCUT2D eigenvalue weighted by Gasteiger charge is 2.72. The maximum Gasteiger partial charge on any atom is 0.174 e. The van der Waals surface area contributed by atoms with Crippen molar-refractivity contribution in [2.45, 2.75) is 55.8 Å². The first kappa shape index (κ1) is 16.4. The number of hydrogen-bond donors (Lipinski definition) is 2. The zero-order chi connectivity index (χ0) is 16.1. The lowest BCUT2D eigenvalue weighted by Gasteiger charge is -2.62. The van der Waals surface area contributed by atoms with Gasteiger partial charge in [-0.15, -0.1) is 17.0 Å². The quantitative estimate of drug-likeness (QED) is 0.698. The van der Waals surface area contributed by atoms with Crippen molar-refractivity contribution in [3.63, 3.8) is 0 Å². The number of carbonyl (C=O) groups excluding carboxylic acids is 1. The van der Waals surface area contributed by atoms with E-state index in [4.69, 9.17) is 4.74 Å². The van der Waals surface area contributed by atoms with Crippen molar-refractivity contribution in [1.82, 2.24) is 4.90 Å². The fraction of sp³-hybridized carbons (Fsp3) is 0.611. The fourth-order valence-electron chi connectivity index (χ4n) is 5.80. The Hall–Kier alpha value is -1.11. The zero-order valence-corrected chi connectivity index (χ0v) is 15.5. The number of nitrogens with zero attached hydrogens (tertiary/aromatic N) is 1. The van der Waals surface area contributed by atoms with Crippen molar-refractivity contribution in [3.8, 4) is 11.5 Å². The maximum atomic E-state index is 12.6. The average molecular weight is 396 g/mol. The largest absolute Gasteiger partial charge is 0.504 e. The first-order valence-corrected chi connectivity index (χ1v) is 8.38. The van der Waals surface area contributed by atoms with Crippen molar-refractivity contribution < 1.29 is 19.7 Å². The normalized spacial score (nSPS) is 39.0. The van der Waals surface area contributed by atoms with Crippen LogP contribution in [0.25, 0.3) is 0 Å². The number of Topliss-reactive ketones (excluding diaryl/α,β-unsaturated/α-hetero) is 1. The molecule has 2 N–H and O–H groups in total. The van der Waals surface area contributed by atoms with Crippen molar-refractivity contribution in [2.75, 3.05) is 13.6 Å². The lowest BCUT2D eigenvalue weighted by atomic mass is 9.49. The summed E-state index contributed by atoms with van der Waals surface area (Å²) in [5.74, 6) is 0.587. The Bertz CT molecular complexity index is 766. The van der Waals surface area contributed by atoms with E-state index in [1.807, 2.05) is 6.92 Å². The second kappa shape index (κ2) is 4.74. The Morgan fingerprint density at radius 2 is 2.12 bits per heavy atom. The van der Waals surface area contributed by atoms with Gasteiger partial charge in [0.2, 0.25) is 0 Å². The first-order chi connectivity index (χ1) is 10.9. The molecular weight excluding hydrogens is 374 g/mol. The van der Waals surface area contributed by atoms with Gasteiger partial charge in [0.25, 0.3) is 0 Å². The average Bonchev–Trinajstić information content (AvgIpc) is 2.85. The van der Waals surface area contributed by atoms with Gasteiger partial charge in [-0.1, -0.05) is 0 Å². The van der Waals surface area contributed by atoms with Crippen LogP contribution in [0.2, 0.25) is 0 Å². The molecule has 24 heavy (non-hydrogen) atoms. The zero-order valence-electron chi connectivity index (χ0n) is 13.8. The van der Waals surface area contributed by atoms with Crippen molar-refractivity contribution in [1.29, 1.82) is 0 Å². The van der Waals surface area contributed by atoms with Crippen LogP contribution < -0.4 is 4.74 Å². The number of halogens is 1. The van der Waals surface area contributed by atoms with Crippen molar-refractivity contribution in [3.05, 3.63) is 22.8 Å². The van der Waals surface area contributed by atoms with Crippen LogP contribution in [0.15, 0.2) is 6.07 Å². The molecule has 0 unspecified atom stereocenters. The standard InChI is InChI=1S/C18H21NO4.BrH/c1-9-7-12(21)15-14-10(9)8-13-18(22)4-3-11(20)16(23-15)17(14,18)5-6-19(13)2;/h7,13,16,21-22H,3-6,8H2,1-2H3;1H/t13-,16+,17+,18-;/m1./s1. The van der Waals surface area contributed by atoms with Gasteiger partial charge in [0.15, 0.2) is 23.4 Å². The summed E-state index contributed by atoms with van der Waals surface area (Å²) in [5, 5.41) is 22.1. The van der Waals surface area contributed by atoms with Crippen LogP contribution in [0.5, 0.6) is 11.5 Å². The molecule has 0 amide bonds. The Morgan fingerprint density at radius 3 is 2.88 bits per heavy atom. The third-order valence-electron chi connectivity index (χ3n) is 6.88. The van der Waals surface area contributed by atoms with Gasteiger partial charge in [0, 0.05) is 18.0 Å². The van der Waals surface area contributed by atoms with Crippen LogP contribution in [-0.2, 0) is 16.6 Å². The summed E-state index contributed by atoms with van der Waals surface area (Å²) in [6, 6.07) is 1.73. The highest BCUT2D eigenvalue weighted by Crippen LogP contribution is 2.65. The summed E-state index contributed by atoms with van der Waals surface area (Å²) in [7, 11) is 2.05. The molecule has 2 heterocycles. The monoisotopic (exact) mass is 395 g/mol. The molecule has 130 valence electrons. The highest BCUT2D eigenvalue weighted by molar-refractivity contribution is 8.93. The van der Waals surface area contributed by atoms with Gasteiger partial charge in [-0.3, -0.25) is 4.79 Å². The molecule has 2 fully saturated rings. The molecule has 4 atom stereocenters. The number of ketones is 1. The molecule has 2 aliphatic carbocycles. The van der Waals surface area contributed by atoms with Crippen LogP contribution in [0.1, 0.15) is 36.0 Å². The lowest BCUT2D eigenvalue weighted by molar-refractivity contribution is -0.185. The van der Waals surface area contributed by atoms with E-state index in [-0.39, 0.29) is 34.6 Å². The minimum Gasteiger partial charge on any atom is -0.504 e. The third kappa shape index (κ3) is 1.51. The van der Waals surface area contributed by atoms with Gasteiger partial charge >= 0.3 is 0 Å². The molecule has 1 spiro atoms. The molecule has 1 aromatic carbocycles. The highest BCUT2D eigenvalue weighted by atomic mass is 79.9. The summed E-state index contributed by atoms with van der Waals surface area (Å²) in [4.78, 5) is 14.8. The predicted octanol–water partition coefficient (Wildman–Crippen LogP) is 1.63. The summed E-state index contributed by atoms with van der Waals surface area (Å²) < 4.78 is 6.00. The smallest absolute Gasteiger partial charge is 0.174 e. The molecule has 1 saturated carbocycles. The molecular formula is C18H22BrNO4. The van der Waals surface area contributed by atoms with Gasteiger partial charge in [0.05, 0.1) is 11.0 Å². The van der Waals surface area contributed by atoms with E-state index in [0.29, 0.717) is 25.0 Å². The Morgan fingerprint density at radius 1 is 1.38 bits per heavy atom. The van der Waals surface area contributed by atoms with Gasteiger partial charge in [-0.25, -0.2) is 0 Å². The van der Waals surface area contributed by atoms with Crippen LogP contribution in [-0.4, -0.2) is 52.2 Å².